The zero-order chi connectivity index (χ0) is 52.8. The number of fused-ring (bicyclic) bond motifs is 4. The van der Waals surface area contributed by atoms with Crippen molar-refractivity contribution in [1.82, 2.24) is 14.1 Å². The van der Waals surface area contributed by atoms with Crippen LogP contribution in [0.15, 0.2) is 206 Å². The number of para-hydroxylation sites is 4. The van der Waals surface area contributed by atoms with Gasteiger partial charge in [0.2, 0.25) is 0 Å². The minimum Gasteiger partial charge on any atom is -0.510 e. The number of imidazole rings is 1. The first-order chi connectivity index (χ1) is 35.9. The van der Waals surface area contributed by atoms with Crippen molar-refractivity contribution in [2.75, 3.05) is 0 Å². The summed E-state index contributed by atoms with van der Waals surface area (Å²) in [6, 6.07) is 43.4. The van der Waals surface area contributed by atoms with Gasteiger partial charge in [-0.05, 0) is 74.4 Å². The summed E-state index contributed by atoms with van der Waals surface area (Å²) < 4.78 is 118. The van der Waals surface area contributed by atoms with E-state index in [0.717, 1.165) is 21.9 Å². The largest absolute Gasteiger partial charge is 0.510 e. The molecule has 0 atom stereocenters. The van der Waals surface area contributed by atoms with Crippen LogP contribution in [0.5, 0.6) is 11.5 Å². The Kier molecular flexibility index (Phi) is 7.77. The van der Waals surface area contributed by atoms with Crippen LogP contribution in [0.25, 0.3) is 72.3 Å². The number of rotatable bonds is 10. The molecule has 6 heteroatoms. The second-order valence-electron chi connectivity index (χ2n) is 15.4. The Morgan fingerprint density at radius 2 is 1.31 bits per heavy atom. The van der Waals surface area contributed by atoms with Gasteiger partial charge in [-0.2, -0.15) is 18.2 Å². The maximum Gasteiger partial charge on any atom is 0.268 e. The van der Waals surface area contributed by atoms with Gasteiger partial charge in [-0.3, -0.25) is 4.57 Å². The van der Waals surface area contributed by atoms with E-state index in [1.807, 2.05) is 97.3 Å². The molecule has 0 saturated heterocycles. The summed E-state index contributed by atoms with van der Waals surface area (Å²) in [6.07, 6.45) is 3.21. The fourth-order valence-electron chi connectivity index (χ4n) is 8.18. The van der Waals surface area contributed by atoms with Crippen molar-refractivity contribution >= 4 is 32.8 Å². The van der Waals surface area contributed by atoms with E-state index in [0.29, 0.717) is 45.1 Å². The molecule has 0 amide bonds. The number of hydrogen-bond donors (Lipinski definition) is 0. The predicted octanol–water partition coefficient (Wildman–Crippen LogP) is 13.4. The Morgan fingerprint density at radius 1 is 0.656 bits per heavy atom. The molecule has 0 unspecified atom stereocenters. The van der Waals surface area contributed by atoms with Gasteiger partial charge in [-0.1, -0.05) is 171 Å². The standard InChI is InChI=1S/C58H42N4O.Pt/c1-58(2,44-22-10-5-11-23-44)39-41-34-35-59-56(36-41)62-52-29-13-12-26-50(52)51-33-32-47(38-55(51)62)63-46-25-16-24-45(37-46)60-40-61(54-31-15-14-30-53(54)60)57-48(42-18-6-3-7-19-42)27-17-28-49(57)43-20-8-4-9-21-43;/h3-36H,39H2,1-2H3;/q-2;/i3D,4D,6D,7D,8D,9D,18D,19D,20D,21D,39D2;. The summed E-state index contributed by atoms with van der Waals surface area (Å²) >= 11 is 0. The van der Waals surface area contributed by atoms with Gasteiger partial charge in [0.25, 0.3) is 6.33 Å². The molecule has 11 rings (SSSR count). The van der Waals surface area contributed by atoms with Crippen LogP contribution in [-0.2, 0) is 32.9 Å². The van der Waals surface area contributed by atoms with E-state index in [1.54, 1.807) is 76.0 Å². The van der Waals surface area contributed by atoms with Gasteiger partial charge in [0.15, 0.2) is 0 Å². The Balaban J connectivity index is 0.00000657. The molecule has 3 heterocycles. The molecule has 64 heavy (non-hydrogen) atoms. The smallest absolute Gasteiger partial charge is 0.268 e. The molecule has 8 aromatic carbocycles. The SMILES string of the molecule is [2H]c1c([2H])c([2H])c(-c2cccc(-c3c([2H])c([2H])c([2H])c([2H])c3[2H])c2-[n+]2[c-]n(-c3[c-]c(Oc4[c-]c5c(cc4)c4ccccc4n5-c4cc(C([2H])([2H])C(C)(C)c5ccccc5)ccn4)ccc3)c3ccccc32)c([2H])c1[2H].[Pt]. The van der Waals surface area contributed by atoms with Gasteiger partial charge < -0.3 is 13.9 Å². The van der Waals surface area contributed by atoms with Crippen LogP contribution < -0.4 is 9.30 Å². The molecular formula is C58H42N4OPt-2. The molecule has 0 saturated carbocycles. The van der Waals surface area contributed by atoms with Crippen molar-refractivity contribution < 1.29 is 46.8 Å². The molecule has 0 aliphatic heterocycles. The van der Waals surface area contributed by atoms with Crippen LogP contribution in [-0.4, -0.2) is 14.1 Å². The van der Waals surface area contributed by atoms with Crippen molar-refractivity contribution in [2.45, 2.75) is 25.6 Å². The summed E-state index contributed by atoms with van der Waals surface area (Å²) in [7, 11) is 0. The monoisotopic (exact) mass is 1020 g/mol. The third-order valence-electron chi connectivity index (χ3n) is 11.1. The molecule has 0 spiro atoms. The maximum absolute atomic E-state index is 9.47. The van der Waals surface area contributed by atoms with E-state index in [9.17, 15) is 2.74 Å². The molecular weight excluding hydrogens is 964 g/mol. The average molecular weight is 1020 g/mol. The van der Waals surface area contributed by atoms with E-state index in [2.05, 4.69) is 18.5 Å². The molecule has 11 aromatic rings. The number of ether oxygens (including phenoxy) is 1. The van der Waals surface area contributed by atoms with Crippen molar-refractivity contribution in [3.05, 3.63) is 236 Å². The minimum absolute atomic E-state index is 0. The second kappa shape index (κ2) is 17.1. The molecule has 3 aromatic heterocycles. The van der Waals surface area contributed by atoms with Crippen LogP contribution in [0, 0.1) is 18.5 Å². The molecule has 0 radical (unpaired) electrons. The molecule has 0 fully saturated rings. The van der Waals surface area contributed by atoms with E-state index < -0.39 is 72.2 Å². The van der Waals surface area contributed by atoms with E-state index >= 15 is 0 Å². The van der Waals surface area contributed by atoms with Crippen molar-refractivity contribution in [3.8, 4) is 50.9 Å². The summed E-state index contributed by atoms with van der Waals surface area (Å²) in [6.45, 7) is 3.80. The molecule has 312 valence electrons. The number of pyridine rings is 1. The van der Waals surface area contributed by atoms with E-state index in [1.165, 1.54) is 0 Å². The molecule has 5 nitrogen and oxygen atoms in total. The van der Waals surface area contributed by atoms with E-state index in [4.69, 9.17) is 23.4 Å². The Labute approximate surface area is 404 Å². The van der Waals surface area contributed by atoms with E-state index in [-0.39, 0.29) is 49.0 Å². The van der Waals surface area contributed by atoms with Crippen molar-refractivity contribution in [1.29, 1.82) is 0 Å². The third kappa shape index (κ3) is 7.52. The maximum atomic E-state index is 9.47. The first-order valence-electron chi connectivity index (χ1n) is 26.3. The fraction of sp³-hybridized carbons (Fsp3) is 0.0690. The fourth-order valence-corrected chi connectivity index (χ4v) is 8.18. The Hall–Kier alpha value is -7.33. The minimum atomic E-state index is -1.80. The Morgan fingerprint density at radius 3 is 2.06 bits per heavy atom. The zero-order valence-electron chi connectivity index (χ0n) is 46.4. The van der Waals surface area contributed by atoms with Gasteiger partial charge >= 0.3 is 0 Å². The van der Waals surface area contributed by atoms with Gasteiger partial charge in [-0.25, -0.2) is 4.98 Å². The van der Waals surface area contributed by atoms with Crippen LogP contribution in [0.2, 0.25) is 0 Å². The molecule has 0 bridgehead atoms. The van der Waals surface area contributed by atoms with Gasteiger partial charge in [0.05, 0.1) is 30.4 Å². The summed E-state index contributed by atoms with van der Waals surface area (Å²) in [4.78, 5) is 4.78. The van der Waals surface area contributed by atoms with Gasteiger partial charge in [0, 0.05) is 47.0 Å². The second-order valence-corrected chi connectivity index (χ2v) is 15.4. The first kappa shape index (κ1) is 29.1. The van der Waals surface area contributed by atoms with Crippen molar-refractivity contribution in [3.63, 3.8) is 0 Å². The van der Waals surface area contributed by atoms with Crippen LogP contribution in [0.4, 0.5) is 0 Å². The quantitative estimate of drug-likeness (QED) is 0.101. The average Bonchev–Trinajstić information content (AvgIpc) is 3.97. The number of hydrogen-bond acceptors (Lipinski definition) is 2. The van der Waals surface area contributed by atoms with Crippen LogP contribution >= 0.6 is 0 Å². The molecule has 0 N–H and O–H groups in total. The number of aromatic nitrogens is 4. The van der Waals surface area contributed by atoms with Crippen LogP contribution in [0.1, 0.15) is 41.4 Å². The predicted molar refractivity (Wildman–Crippen MR) is 254 cm³/mol. The normalized spacial score (nSPS) is 14.4. The van der Waals surface area contributed by atoms with Gasteiger partial charge in [0.1, 0.15) is 5.82 Å². The summed E-state index contributed by atoms with van der Waals surface area (Å²) in [5, 5.41) is 1.82. The van der Waals surface area contributed by atoms with Crippen LogP contribution in [0.3, 0.4) is 0 Å². The number of nitrogens with zero attached hydrogens (tertiary/aromatic N) is 4. The van der Waals surface area contributed by atoms with Gasteiger partial charge in [-0.15, -0.1) is 29.7 Å². The topological polar surface area (TPSA) is 35.9 Å². The molecule has 0 aliphatic carbocycles. The third-order valence-corrected chi connectivity index (χ3v) is 11.1. The number of benzene rings is 8. The van der Waals surface area contributed by atoms with Crippen molar-refractivity contribution in [2.24, 2.45) is 0 Å². The summed E-state index contributed by atoms with van der Waals surface area (Å²) in [5.41, 5.74) is 3.54. The zero-order valence-corrected chi connectivity index (χ0v) is 36.6. The first-order valence-corrected chi connectivity index (χ1v) is 20.3. The molecule has 0 aliphatic rings. The summed E-state index contributed by atoms with van der Waals surface area (Å²) in [5.74, 6) is 1.16. The Bertz CT molecular complexity index is 4000.